The van der Waals surface area contributed by atoms with Gasteiger partial charge in [0, 0.05) is 15.1 Å². The number of hydrogen-bond acceptors (Lipinski definition) is 2. The smallest absolute Gasteiger partial charge is 0.0840 e. The van der Waals surface area contributed by atoms with Crippen molar-refractivity contribution in [1.29, 1.82) is 0 Å². The lowest BCUT2D eigenvalue weighted by atomic mass is 9.61. The van der Waals surface area contributed by atoms with Crippen LogP contribution in [0.5, 0.6) is 0 Å². The average Bonchev–Trinajstić information content (AvgIpc) is 3.16. The first-order valence-electron chi connectivity index (χ1n) is 14.1. The fourth-order valence-corrected chi connectivity index (χ4v) is 9.34. The molecule has 3 fully saturated rings. The van der Waals surface area contributed by atoms with Crippen molar-refractivity contribution in [2.24, 2.45) is 35.0 Å². The number of aliphatic hydroxyl groups is 1. The van der Waals surface area contributed by atoms with Crippen LogP contribution in [-0.4, -0.2) is 10.9 Å². The Kier molecular flexibility index (Phi) is 8.75. The molecule has 1 aromatic rings. The molecular formula is C33H47BrOS. The molecule has 2 unspecified atom stereocenters. The number of rotatable bonds is 6. The normalized spacial score (nSPS) is 34.3. The monoisotopic (exact) mass is 570 g/mol. The molecule has 3 heteroatoms. The van der Waals surface area contributed by atoms with Crippen LogP contribution in [0.25, 0.3) is 0 Å². The molecule has 0 amide bonds. The fourth-order valence-electron chi connectivity index (χ4n) is 7.58. The number of allylic oxidation sites excluding steroid dienone is 5. The summed E-state index contributed by atoms with van der Waals surface area (Å²) in [6.45, 7) is 18.0. The molecule has 198 valence electrons. The van der Waals surface area contributed by atoms with Gasteiger partial charge >= 0.3 is 0 Å². The SMILES string of the molecule is C=C1/C(=C\C=C2/CCC[C@@]3(C)C2CCC3[C@@H](C)CSc2ccc(C(C)(C)O)cc2Br)C[C@@H](C)C[C@@H]1C. The van der Waals surface area contributed by atoms with E-state index in [-0.39, 0.29) is 0 Å². The lowest BCUT2D eigenvalue weighted by molar-refractivity contribution is 0.0785. The number of hydrogen-bond donors (Lipinski definition) is 1. The van der Waals surface area contributed by atoms with Crippen LogP contribution in [0.4, 0.5) is 0 Å². The summed E-state index contributed by atoms with van der Waals surface area (Å²) in [5, 5.41) is 10.3. The van der Waals surface area contributed by atoms with Gasteiger partial charge in [0.05, 0.1) is 5.60 Å². The molecule has 0 bridgehead atoms. The molecular weight excluding hydrogens is 524 g/mol. The van der Waals surface area contributed by atoms with E-state index in [0.717, 1.165) is 33.5 Å². The van der Waals surface area contributed by atoms with Gasteiger partial charge in [0.25, 0.3) is 0 Å². The third-order valence-corrected chi connectivity index (χ3v) is 12.0. The van der Waals surface area contributed by atoms with Crippen LogP contribution in [0.3, 0.4) is 0 Å². The summed E-state index contributed by atoms with van der Waals surface area (Å²) < 4.78 is 1.10. The molecule has 0 radical (unpaired) electrons. The Labute approximate surface area is 233 Å². The van der Waals surface area contributed by atoms with E-state index < -0.39 is 5.60 Å². The summed E-state index contributed by atoms with van der Waals surface area (Å²) in [6.07, 6.45) is 14.1. The molecule has 0 aromatic heterocycles. The van der Waals surface area contributed by atoms with Crippen LogP contribution in [0.2, 0.25) is 0 Å². The minimum Gasteiger partial charge on any atom is -0.386 e. The minimum absolute atomic E-state index is 0.425. The topological polar surface area (TPSA) is 20.2 Å². The van der Waals surface area contributed by atoms with Gasteiger partial charge in [-0.25, -0.2) is 0 Å². The largest absolute Gasteiger partial charge is 0.386 e. The molecule has 6 atom stereocenters. The predicted octanol–water partition coefficient (Wildman–Crippen LogP) is 10.1. The summed E-state index contributed by atoms with van der Waals surface area (Å²) in [6, 6.07) is 6.32. The maximum atomic E-state index is 10.3. The quantitative estimate of drug-likeness (QED) is 0.343. The molecule has 36 heavy (non-hydrogen) atoms. The molecule has 1 aromatic carbocycles. The number of halogens is 1. The van der Waals surface area contributed by atoms with Gasteiger partial charge in [0.2, 0.25) is 0 Å². The Morgan fingerprint density at radius 2 is 2.00 bits per heavy atom. The zero-order chi connectivity index (χ0) is 26.3. The van der Waals surface area contributed by atoms with E-state index >= 15 is 0 Å². The van der Waals surface area contributed by atoms with Crippen molar-refractivity contribution < 1.29 is 5.11 Å². The van der Waals surface area contributed by atoms with Gasteiger partial charge in [-0.3, -0.25) is 0 Å². The second-order valence-electron chi connectivity index (χ2n) is 13.0. The highest BCUT2D eigenvalue weighted by atomic mass is 79.9. The summed E-state index contributed by atoms with van der Waals surface area (Å²) >= 11 is 5.73. The van der Waals surface area contributed by atoms with Crippen LogP contribution in [0.1, 0.15) is 92.1 Å². The van der Waals surface area contributed by atoms with Crippen molar-refractivity contribution in [2.75, 3.05) is 5.75 Å². The van der Waals surface area contributed by atoms with Crippen LogP contribution >= 0.6 is 27.7 Å². The Morgan fingerprint density at radius 1 is 1.25 bits per heavy atom. The summed E-state index contributed by atoms with van der Waals surface area (Å²) in [5.74, 6) is 4.74. The second kappa shape index (κ2) is 11.1. The number of thioether (sulfide) groups is 1. The Morgan fingerprint density at radius 3 is 2.69 bits per heavy atom. The van der Waals surface area contributed by atoms with Gasteiger partial charge in [-0.15, -0.1) is 11.8 Å². The van der Waals surface area contributed by atoms with E-state index in [0.29, 0.717) is 17.3 Å². The minimum atomic E-state index is -0.810. The zero-order valence-corrected chi connectivity index (χ0v) is 25.8. The van der Waals surface area contributed by atoms with Crippen molar-refractivity contribution in [3.05, 3.63) is 63.7 Å². The van der Waals surface area contributed by atoms with E-state index in [9.17, 15) is 5.11 Å². The molecule has 0 aliphatic heterocycles. The van der Waals surface area contributed by atoms with Crippen LogP contribution in [0, 0.1) is 35.0 Å². The molecule has 1 N–H and O–H groups in total. The van der Waals surface area contributed by atoms with Crippen LogP contribution in [0.15, 0.2) is 63.0 Å². The molecule has 3 aliphatic rings. The maximum Gasteiger partial charge on any atom is 0.0840 e. The maximum absolute atomic E-state index is 10.3. The van der Waals surface area contributed by atoms with Crippen molar-refractivity contribution >= 4 is 27.7 Å². The fraction of sp³-hybridized carbons (Fsp3) is 0.636. The molecule has 4 rings (SSSR count). The van der Waals surface area contributed by atoms with E-state index in [1.807, 2.05) is 25.6 Å². The Hall–Kier alpha value is -0.770. The first-order chi connectivity index (χ1) is 16.9. The molecule has 3 saturated carbocycles. The first kappa shape index (κ1) is 28.2. The molecule has 0 saturated heterocycles. The van der Waals surface area contributed by atoms with Crippen LogP contribution in [-0.2, 0) is 5.60 Å². The Balaban J connectivity index is 1.44. The van der Waals surface area contributed by atoms with Gasteiger partial charge in [-0.2, -0.15) is 0 Å². The molecule has 0 heterocycles. The van der Waals surface area contributed by atoms with E-state index in [1.165, 1.54) is 61.0 Å². The summed E-state index contributed by atoms with van der Waals surface area (Å²) in [7, 11) is 0. The third-order valence-electron chi connectivity index (χ3n) is 9.70. The Bertz CT molecular complexity index is 1030. The first-order valence-corrected chi connectivity index (χ1v) is 15.9. The highest BCUT2D eigenvalue weighted by Crippen LogP contribution is 2.60. The summed E-state index contributed by atoms with van der Waals surface area (Å²) in [4.78, 5) is 1.28. The van der Waals surface area contributed by atoms with E-state index in [2.05, 4.69) is 80.6 Å². The number of fused-ring (bicyclic) bond motifs is 1. The van der Waals surface area contributed by atoms with E-state index in [4.69, 9.17) is 0 Å². The highest BCUT2D eigenvalue weighted by Gasteiger charge is 2.50. The van der Waals surface area contributed by atoms with Gasteiger partial charge in [0.1, 0.15) is 0 Å². The zero-order valence-electron chi connectivity index (χ0n) is 23.4. The van der Waals surface area contributed by atoms with Crippen molar-refractivity contribution in [1.82, 2.24) is 0 Å². The third kappa shape index (κ3) is 5.94. The highest BCUT2D eigenvalue weighted by molar-refractivity contribution is 9.10. The second-order valence-corrected chi connectivity index (χ2v) is 14.9. The lowest BCUT2D eigenvalue weighted by Crippen LogP contribution is -2.36. The predicted molar refractivity (Wildman–Crippen MR) is 160 cm³/mol. The lowest BCUT2D eigenvalue weighted by Gasteiger charge is -2.44. The summed E-state index contributed by atoms with van der Waals surface area (Å²) in [5.41, 5.74) is 5.16. The van der Waals surface area contributed by atoms with E-state index in [1.54, 1.807) is 5.57 Å². The molecule has 0 spiro atoms. The van der Waals surface area contributed by atoms with Gasteiger partial charge < -0.3 is 5.11 Å². The average molecular weight is 572 g/mol. The standard InChI is InChI=1S/C33H47BrOS/c1-21-17-22(2)24(4)26(18-21)11-10-25-9-8-16-33(7)28(13-14-29(25)33)23(3)20-36-31-15-12-27(19-30(31)34)32(5,6)35/h10-12,15,19,21-23,28-29,35H,4,8-9,13-14,16-18,20H2,1-3,5-7H3/b25-10+,26-11-/t21-,22-,23-,28?,29?,33+/m0/s1. The van der Waals surface area contributed by atoms with Crippen molar-refractivity contribution in [2.45, 2.75) is 97.0 Å². The van der Waals surface area contributed by atoms with Crippen molar-refractivity contribution in [3.63, 3.8) is 0 Å². The molecule has 3 aliphatic carbocycles. The van der Waals surface area contributed by atoms with Gasteiger partial charge in [-0.05, 0) is 139 Å². The van der Waals surface area contributed by atoms with Gasteiger partial charge in [0.15, 0.2) is 0 Å². The number of benzene rings is 1. The van der Waals surface area contributed by atoms with Gasteiger partial charge in [-0.1, -0.05) is 58.1 Å². The van der Waals surface area contributed by atoms with Crippen molar-refractivity contribution in [3.8, 4) is 0 Å². The molecule has 1 nitrogen and oxygen atoms in total. The van der Waals surface area contributed by atoms with Crippen LogP contribution < -0.4 is 0 Å².